The summed E-state index contributed by atoms with van der Waals surface area (Å²) in [7, 11) is 0. The van der Waals surface area contributed by atoms with Gasteiger partial charge in [-0.1, -0.05) is 58.3 Å². The fourth-order valence-electron chi connectivity index (χ4n) is 1.69. The Labute approximate surface area is 94.1 Å². The summed E-state index contributed by atoms with van der Waals surface area (Å²) in [5.74, 6) is -0.661. The van der Waals surface area contributed by atoms with Crippen molar-refractivity contribution in [1.82, 2.24) is 0 Å². The van der Waals surface area contributed by atoms with Crippen molar-refractivity contribution in [3.63, 3.8) is 0 Å². The Hall–Kier alpha value is -0.530. The minimum Gasteiger partial charge on any atom is -0.481 e. The molecule has 0 amide bonds. The summed E-state index contributed by atoms with van der Waals surface area (Å²) in [6.07, 6.45) is 13.5. The SMILES string of the molecule is C[CH]CCCCCCCCCCC(=O)O. The number of carboxylic acid groups (broad SMARTS) is 1. The van der Waals surface area contributed by atoms with Gasteiger partial charge in [0.15, 0.2) is 0 Å². The molecule has 0 aromatic rings. The molecule has 0 atom stereocenters. The van der Waals surface area contributed by atoms with Crippen LogP contribution in [-0.2, 0) is 4.79 Å². The molecule has 2 heteroatoms. The number of aliphatic carboxylic acids is 1. The molecule has 0 saturated carbocycles. The van der Waals surface area contributed by atoms with Gasteiger partial charge in [-0.15, -0.1) is 0 Å². The molecular weight excluding hydrogens is 188 g/mol. The van der Waals surface area contributed by atoms with Crippen molar-refractivity contribution in [2.75, 3.05) is 0 Å². The number of unbranched alkanes of at least 4 members (excludes halogenated alkanes) is 9. The molecule has 0 rings (SSSR count). The number of rotatable bonds is 11. The van der Waals surface area contributed by atoms with E-state index in [1.807, 2.05) is 0 Å². The molecule has 0 saturated heterocycles. The fourth-order valence-corrected chi connectivity index (χ4v) is 1.69. The van der Waals surface area contributed by atoms with Crippen molar-refractivity contribution in [1.29, 1.82) is 0 Å². The molecule has 0 aromatic carbocycles. The lowest BCUT2D eigenvalue weighted by molar-refractivity contribution is -0.137. The number of hydrogen-bond donors (Lipinski definition) is 1. The van der Waals surface area contributed by atoms with Crippen LogP contribution in [0.1, 0.15) is 71.1 Å². The van der Waals surface area contributed by atoms with Crippen molar-refractivity contribution in [3.05, 3.63) is 6.42 Å². The summed E-state index contributed by atoms with van der Waals surface area (Å²) in [5.41, 5.74) is 0. The summed E-state index contributed by atoms with van der Waals surface area (Å²) >= 11 is 0. The molecule has 0 aromatic heterocycles. The Morgan fingerprint density at radius 2 is 1.40 bits per heavy atom. The van der Waals surface area contributed by atoms with Crippen molar-refractivity contribution in [2.45, 2.75) is 71.1 Å². The van der Waals surface area contributed by atoms with Gasteiger partial charge in [-0.05, 0) is 12.8 Å². The van der Waals surface area contributed by atoms with Crippen molar-refractivity contribution in [2.24, 2.45) is 0 Å². The Balaban J connectivity index is 2.89. The molecule has 1 N–H and O–H groups in total. The highest BCUT2D eigenvalue weighted by Crippen LogP contribution is 2.10. The van der Waals surface area contributed by atoms with Crippen LogP contribution in [0, 0.1) is 6.42 Å². The molecule has 1 radical (unpaired) electrons. The molecule has 0 aliphatic carbocycles. The van der Waals surface area contributed by atoms with E-state index in [2.05, 4.69) is 13.3 Å². The summed E-state index contributed by atoms with van der Waals surface area (Å²) in [6, 6.07) is 0. The van der Waals surface area contributed by atoms with Crippen molar-refractivity contribution < 1.29 is 9.90 Å². The third-order valence-corrected chi connectivity index (χ3v) is 2.63. The van der Waals surface area contributed by atoms with Gasteiger partial charge < -0.3 is 5.11 Å². The highest BCUT2D eigenvalue weighted by molar-refractivity contribution is 5.66. The van der Waals surface area contributed by atoms with Gasteiger partial charge in [-0.3, -0.25) is 4.79 Å². The summed E-state index contributed by atoms with van der Waals surface area (Å²) in [4.78, 5) is 10.2. The van der Waals surface area contributed by atoms with Crippen LogP contribution in [0.5, 0.6) is 0 Å². The Kier molecular flexibility index (Phi) is 11.1. The van der Waals surface area contributed by atoms with Crippen LogP contribution >= 0.6 is 0 Å². The maximum atomic E-state index is 10.2. The zero-order chi connectivity index (χ0) is 11.4. The van der Waals surface area contributed by atoms with Crippen LogP contribution in [0.3, 0.4) is 0 Å². The number of hydrogen-bond acceptors (Lipinski definition) is 1. The Morgan fingerprint density at radius 1 is 0.933 bits per heavy atom. The van der Waals surface area contributed by atoms with Crippen LogP contribution < -0.4 is 0 Å². The summed E-state index contributed by atoms with van der Waals surface area (Å²) < 4.78 is 0. The van der Waals surface area contributed by atoms with Gasteiger partial charge >= 0.3 is 5.97 Å². The normalized spacial score (nSPS) is 10.5. The lowest BCUT2D eigenvalue weighted by atomic mass is 10.1. The first kappa shape index (κ1) is 14.5. The van der Waals surface area contributed by atoms with E-state index in [0.29, 0.717) is 6.42 Å². The van der Waals surface area contributed by atoms with E-state index in [4.69, 9.17) is 5.11 Å². The van der Waals surface area contributed by atoms with Crippen LogP contribution in [0.4, 0.5) is 0 Å². The second-order valence-corrected chi connectivity index (χ2v) is 4.17. The van der Waals surface area contributed by atoms with Gasteiger partial charge in [0.05, 0.1) is 0 Å². The first-order valence-electron chi connectivity index (χ1n) is 6.27. The minimum absolute atomic E-state index is 0.340. The van der Waals surface area contributed by atoms with Gasteiger partial charge in [0, 0.05) is 6.42 Å². The van der Waals surface area contributed by atoms with E-state index in [1.54, 1.807) is 0 Å². The second kappa shape index (κ2) is 11.5. The Bertz CT molecular complexity index is 143. The maximum absolute atomic E-state index is 10.2. The highest BCUT2D eigenvalue weighted by atomic mass is 16.4. The van der Waals surface area contributed by atoms with Gasteiger partial charge in [-0.2, -0.15) is 0 Å². The van der Waals surface area contributed by atoms with Gasteiger partial charge in [-0.25, -0.2) is 0 Å². The molecule has 0 aliphatic rings. The smallest absolute Gasteiger partial charge is 0.303 e. The van der Waals surface area contributed by atoms with Crippen LogP contribution in [0.15, 0.2) is 0 Å². The molecule has 0 heterocycles. The monoisotopic (exact) mass is 213 g/mol. The third kappa shape index (κ3) is 13.5. The molecule has 0 bridgehead atoms. The molecular formula is C13H25O2. The summed E-state index contributed by atoms with van der Waals surface area (Å²) in [6.45, 7) is 2.11. The van der Waals surface area contributed by atoms with Gasteiger partial charge in [0.25, 0.3) is 0 Å². The molecule has 0 unspecified atom stereocenters. The average Bonchev–Trinajstić information content (AvgIpc) is 2.20. The van der Waals surface area contributed by atoms with Crippen LogP contribution in [0.2, 0.25) is 0 Å². The lowest BCUT2D eigenvalue weighted by Crippen LogP contribution is -1.93. The zero-order valence-corrected chi connectivity index (χ0v) is 10.0. The van der Waals surface area contributed by atoms with E-state index < -0.39 is 5.97 Å². The van der Waals surface area contributed by atoms with Crippen LogP contribution in [-0.4, -0.2) is 11.1 Å². The van der Waals surface area contributed by atoms with Crippen molar-refractivity contribution >= 4 is 5.97 Å². The standard InChI is InChI=1S/C13H25O2/c1-2-3-4-5-6-7-8-9-10-11-12-13(14)15/h2H,3-12H2,1H3,(H,14,15). The maximum Gasteiger partial charge on any atom is 0.303 e. The van der Waals surface area contributed by atoms with E-state index in [1.165, 1.54) is 44.9 Å². The predicted molar refractivity (Wildman–Crippen MR) is 63.8 cm³/mol. The summed E-state index contributed by atoms with van der Waals surface area (Å²) in [5, 5.41) is 8.43. The quantitative estimate of drug-likeness (QED) is 0.522. The third-order valence-electron chi connectivity index (χ3n) is 2.63. The Morgan fingerprint density at radius 3 is 1.87 bits per heavy atom. The van der Waals surface area contributed by atoms with E-state index in [9.17, 15) is 4.79 Å². The van der Waals surface area contributed by atoms with E-state index >= 15 is 0 Å². The number of carbonyl (C=O) groups is 1. The first-order valence-corrected chi connectivity index (χ1v) is 6.27. The zero-order valence-electron chi connectivity index (χ0n) is 10.0. The lowest BCUT2D eigenvalue weighted by Gasteiger charge is -2.00. The number of carboxylic acids is 1. The molecule has 0 fully saturated rings. The van der Waals surface area contributed by atoms with E-state index in [0.717, 1.165) is 12.8 Å². The molecule has 15 heavy (non-hydrogen) atoms. The largest absolute Gasteiger partial charge is 0.481 e. The minimum atomic E-state index is -0.661. The topological polar surface area (TPSA) is 37.3 Å². The van der Waals surface area contributed by atoms with Gasteiger partial charge in [0.1, 0.15) is 0 Å². The molecule has 0 spiro atoms. The van der Waals surface area contributed by atoms with Crippen molar-refractivity contribution in [3.8, 4) is 0 Å². The highest BCUT2D eigenvalue weighted by Gasteiger charge is 1.96. The van der Waals surface area contributed by atoms with Crippen LogP contribution in [0.25, 0.3) is 0 Å². The van der Waals surface area contributed by atoms with Gasteiger partial charge in [0.2, 0.25) is 0 Å². The fraction of sp³-hybridized carbons (Fsp3) is 0.846. The molecule has 2 nitrogen and oxygen atoms in total. The predicted octanol–water partition coefficient (Wildman–Crippen LogP) is 4.20. The second-order valence-electron chi connectivity index (χ2n) is 4.17. The van der Waals surface area contributed by atoms with E-state index in [-0.39, 0.29) is 0 Å². The molecule has 0 aliphatic heterocycles. The first-order chi connectivity index (χ1) is 7.27. The molecule has 89 valence electrons. The average molecular weight is 213 g/mol.